The number of oxazole rings is 1. The van der Waals surface area contributed by atoms with Crippen LogP contribution in [0.15, 0.2) is 10.8 Å². The van der Waals surface area contributed by atoms with Gasteiger partial charge in [0.2, 0.25) is 5.88 Å². The fraction of sp³-hybridized carbons (Fsp3) is 0.500. The molecule has 9 heavy (non-hydrogen) atoms. The number of aromatic nitrogens is 1. The Morgan fingerprint density at radius 2 is 2.22 bits per heavy atom. The minimum atomic E-state index is 0.829. The third-order valence-corrected chi connectivity index (χ3v) is 1.13. The molecule has 0 aromatic carbocycles. The van der Waals surface area contributed by atoms with E-state index in [9.17, 15) is 0 Å². The minimum Gasteiger partial charge on any atom is -0.428 e. The van der Waals surface area contributed by atoms with Gasteiger partial charge in [-0.1, -0.05) is 0 Å². The summed E-state index contributed by atoms with van der Waals surface area (Å²) in [4.78, 5) is 5.82. The Kier molecular flexibility index (Phi) is 1.42. The molecule has 0 spiro atoms. The summed E-state index contributed by atoms with van der Waals surface area (Å²) in [6, 6.07) is 0. The Labute approximate surface area is 54.3 Å². The zero-order valence-corrected chi connectivity index (χ0v) is 5.88. The van der Waals surface area contributed by atoms with Gasteiger partial charge in [0.1, 0.15) is 5.69 Å². The van der Waals surface area contributed by atoms with Crippen molar-refractivity contribution >= 4 is 5.88 Å². The number of rotatable bonds is 1. The van der Waals surface area contributed by atoms with E-state index in [1.54, 1.807) is 0 Å². The van der Waals surface area contributed by atoms with Crippen molar-refractivity contribution in [2.75, 3.05) is 19.0 Å². The van der Waals surface area contributed by atoms with Crippen LogP contribution in [0.3, 0.4) is 0 Å². The maximum atomic E-state index is 5.04. The van der Waals surface area contributed by atoms with E-state index in [1.807, 2.05) is 25.9 Å². The Hall–Kier alpha value is -0.990. The number of nitrogens with zero attached hydrogens (tertiary/aromatic N) is 2. The van der Waals surface area contributed by atoms with E-state index >= 15 is 0 Å². The summed E-state index contributed by atoms with van der Waals surface area (Å²) in [6.45, 7) is 1.92. The second-order valence-electron chi connectivity index (χ2n) is 2.14. The molecule has 0 atom stereocenters. The molecule has 0 aliphatic heterocycles. The smallest absolute Gasteiger partial charge is 0.218 e. The van der Waals surface area contributed by atoms with Crippen molar-refractivity contribution in [3.63, 3.8) is 0 Å². The summed E-state index contributed by atoms with van der Waals surface area (Å²) >= 11 is 0. The molecule has 1 rings (SSSR count). The Bertz CT molecular complexity index is 193. The number of anilines is 1. The largest absolute Gasteiger partial charge is 0.428 e. The first-order valence-electron chi connectivity index (χ1n) is 2.79. The standard InChI is InChI=1S/C6H10N2O/c1-5-6(8(2)3)9-4-7-5/h4H,1-3H3. The van der Waals surface area contributed by atoms with Gasteiger partial charge in [0.15, 0.2) is 6.39 Å². The van der Waals surface area contributed by atoms with E-state index in [0.717, 1.165) is 11.6 Å². The second-order valence-corrected chi connectivity index (χ2v) is 2.14. The van der Waals surface area contributed by atoms with Crippen LogP contribution in [0.25, 0.3) is 0 Å². The molecule has 3 nitrogen and oxygen atoms in total. The van der Waals surface area contributed by atoms with Gasteiger partial charge in [-0.25, -0.2) is 4.98 Å². The summed E-state index contributed by atoms with van der Waals surface area (Å²) in [6.07, 6.45) is 1.45. The third kappa shape index (κ3) is 1.04. The molecule has 0 bridgehead atoms. The van der Waals surface area contributed by atoms with E-state index in [0.29, 0.717) is 0 Å². The van der Waals surface area contributed by atoms with Crippen LogP contribution in [-0.2, 0) is 0 Å². The number of hydrogen-bond acceptors (Lipinski definition) is 3. The lowest BCUT2D eigenvalue weighted by Crippen LogP contribution is -2.08. The van der Waals surface area contributed by atoms with Gasteiger partial charge in [-0.05, 0) is 6.92 Å². The molecule has 0 saturated carbocycles. The molecule has 0 saturated heterocycles. The molecular weight excluding hydrogens is 116 g/mol. The number of hydrogen-bond donors (Lipinski definition) is 0. The van der Waals surface area contributed by atoms with Gasteiger partial charge in [0.05, 0.1) is 0 Å². The molecule has 0 N–H and O–H groups in total. The molecule has 0 unspecified atom stereocenters. The summed E-state index contributed by atoms with van der Waals surface area (Å²) in [5, 5.41) is 0. The predicted molar refractivity (Wildman–Crippen MR) is 35.6 cm³/mol. The molecule has 0 amide bonds. The monoisotopic (exact) mass is 126 g/mol. The quantitative estimate of drug-likeness (QED) is 0.563. The van der Waals surface area contributed by atoms with Gasteiger partial charge < -0.3 is 9.32 Å². The normalized spacial score (nSPS) is 9.67. The van der Waals surface area contributed by atoms with Crippen LogP contribution in [0.5, 0.6) is 0 Å². The van der Waals surface area contributed by atoms with E-state index < -0.39 is 0 Å². The molecule has 1 aromatic rings. The van der Waals surface area contributed by atoms with Crippen LogP contribution in [0.2, 0.25) is 0 Å². The van der Waals surface area contributed by atoms with Gasteiger partial charge in [0, 0.05) is 14.1 Å². The van der Waals surface area contributed by atoms with E-state index in [4.69, 9.17) is 4.42 Å². The first-order valence-corrected chi connectivity index (χ1v) is 2.79. The molecule has 1 heterocycles. The topological polar surface area (TPSA) is 29.3 Å². The van der Waals surface area contributed by atoms with E-state index in [1.165, 1.54) is 6.39 Å². The van der Waals surface area contributed by atoms with Gasteiger partial charge >= 0.3 is 0 Å². The Morgan fingerprint density at radius 3 is 2.44 bits per heavy atom. The second kappa shape index (κ2) is 2.09. The average Bonchev–Trinajstić information content (AvgIpc) is 2.13. The SMILES string of the molecule is Cc1ncoc1N(C)C. The molecule has 0 radical (unpaired) electrons. The van der Waals surface area contributed by atoms with Crippen LogP contribution in [0, 0.1) is 6.92 Å². The predicted octanol–water partition coefficient (Wildman–Crippen LogP) is 1.05. The lowest BCUT2D eigenvalue weighted by Gasteiger charge is -2.06. The van der Waals surface area contributed by atoms with Crippen molar-refractivity contribution < 1.29 is 4.42 Å². The molecule has 0 fully saturated rings. The highest BCUT2D eigenvalue weighted by atomic mass is 16.4. The minimum absolute atomic E-state index is 0.829. The summed E-state index contributed by atoms with van der Waals surface area (Å²) in [7, 11) is 3.85. The molecule has 0 aliphatic carbocycles. The average molecular weight is 126 g/mol. The van der Waals surface area contributed by atoms with Gasteiger partial charge in [0.25, 0.3) is 0 Å². The van der Waals surface area contributed by atoms with Crippen molar-refractivity contribution in [3.05, 3.63) is 12.1 Å². The van der Waals surface area contributed by atoms with Crippen LogP contribution in [-0.4, -0.2) is 19.1 Å². The molecule has 50 valence electrons. The van der Waals surface area contributed by atoms with E-state index in [2.05, 4.69) is 4.98 Å². The lowest BCUT2D eigenvalue weighted by atomic mass is 10.5. The highest BCUT2D eigenvalue weighted by Gasteiger charge is 2.02. The molecule has 3 heteroatoms. The zero-order chi connectivity index (χ0) is 6.85. The van der Waals surface area contributed by atoms with Crippen molar-refractivity contribution in [1.29, 1.82) is 0 Å². The number of aryl methyl sites for hydroxylation is 1. The van der Waals surface area contributed by atoms with Crippen LogP contribution < -0.4 is 4.90 Å². The molecule has 0 aliphatic rings. The lowest BCUT2D eigenvalue weighted by molar-refractivity contribution is 0.555. The van der Waals surface area contributed by atoms with Gasteiger partial charge in [-0.15, -0.1) is 0 Å². The van der Waals surface area contributed by atoms with Crippen LogP contribution in [0.1, 0.15) is 5.69 Å². The van der Waals surface area contributed by atoms with Crippen molar-refractivity contribution in [2.45, 2.75) is 6.92 Å². The van der Waals surface area contributed by atoms with E-state index in [-0.39, 0.29) is 0 Å². The Balaban J connectivity index is 2.94. The molecular formula is C6H10N2O. The van der Waals surface area contributed by atoms with Gasteiger partial charge in [-0.2, -0.15) is 0 Å². The third-order valence-electron chi connectivity index (χ3n) is 1.13. The van der Waals surface area contributed by atoms with Crippen LogP contribution in [0.4, 0.5) is 5.88 Å². The van der Waals surface area contributed by atoms with Crippen molar-refractivity contribution in [1.82, 2.24) is 4.98 Å². The summed E-state index contributed by atoms with van der Waals surface area (Å²) in [5.41, 5.74) is 0.931. The fourth-order valence-electron chi connectivity index (χ4n) is 0.725. The Morgan fingerprint density at radius 1 is 1.56 bits per heavy atom. The highest BCUT2D eigenvalue weighted by molar-refractivity contribution is 5.36. The maximum Gasteiger partial charge on any atom is 0.218 e. The van der Waals surface area contributed by atoms with Crippen molar-refractivity contribution in [3.8, 4) is 0 Å². The first kappa shape index (κ1) is 6.13. The fourth-order valence-corrected chi connectivity index (χ4v) is 0.725. The zero-order valence-electron chi connectivity index (χ0n) is 5.88. The van der Waals surface area contributed by atoms with Crippen molar-refractivity contribution in [2.24, 2.45) is 0 Å². The molecule has 1 aromatic heterocycles. The van der Waals surface area contributed by atoms with Gasteiger partial charge in [-0.3, -0.25) is 0 Å². The summed E-state index contributed by atoms with van der Waals surface area (Å²) < 4.78 is 5.04. The highest BCUT2D eigenvalue weighted by Crippen LogP contribution is 2.13. The maximum absolute atomic E-state index is 5.04. The van der Waals surface area contributed by atoms with Crippen LogP contribution >= 0.6 is 0 Å². The first-order chi connectivity index (χ1) is 4.22. The summed E-state index contributed by atoms with van der Waals surface area (Å²) in [5.74, 6) is 0.829.